The Morgan fingerprint density at radius 1 is 1.35 bits per heavy atom. The molecule has 1 heterocycles. The van der Waals surface area contributed by atoms with Gasteiger partial charge in [0.2, 0.25) is 0 Å². The molecule has 2 rings (SSSR count). The van der Waals surface area contributed by atoms with Crippen LogP contribution < -0.4 is 10.6 Å². The van der Waals surface area contributed by atoms with Crippen LogP contribution in [0, 0.1) is 5.92 Å². The average molecular weight is 371 g/mol. The van der Waals surface area contributed by atoms with E-state index < -0.39 is 30.8 Å². The lowest BCUT2D eigenvalue weighted by Gasteiger charge is -2.33. The minimum Gasteiger partial charge on any atom is -0.381 e. The number of halogens is 5. The third-order valence-electron chi connectivity index (χ3n) is 3.56. The van der Waals surface area contributed by atoms with Gasteiger partial charge in [-0.25, -0.2) is 4.79 Å². The van der Waals surface area contributed by atoms with Gasteiger partial charge in [-0.05, 0) is 18.1 Å². The highest BCUT2D eigenvalue weighted by atomic mass is 35.5. The first kappa shape index (κ1) is 18.2. The normalized spacial score (nSPS) is 21.8. The number of hydrogen-bond donors (Lipinski definition) is 2. The Labute approximate surface area is 141 Å². The van der Waals surface area contributed by atoms with E-state index in [2.05, 4.69) is 10.6 Å². The number of benzene rings is 1. The zero-order valence-electron chi connectivity index (χ0n) is 11.9. The van der Waals surface area contributed by atoms with Gasteiger partial charge in [0.25, 0.3) is 0 Å². The molecule has 4 nitrogen and oxygen atoms in total. The number of alkyl halides is 3. The van der Waals surface area contributed by atoms with Crippen LogP contribution in [0.2, 0.25) is 10.0 Å². The smallest absolute Gasteiger partial charge is 0.381 e. The molecule has 1 aromatic rings. The van der Waals surface area contributed by atoms with Crippen molar-refractivity contribution in [3.05, 3.63) is 33.8 Å². The van der Waals surface area contributed by atoms with E-state index in [9.17, 15) is 18.0 Å². The molecule has 2 amide bonds. The number of hydrogen-bond acceptors (Lipinski definition) is 2. The molecule has 0 unspecified atom stereocenters. The second-order valence-electron chi connectivity index (χ2n) is 5.16. The molecule has 0 spiro atoms. The first-order chi connectivity index (χ1) is 10.8. The molecule has 1 saturated heterocycles. The SMILES string of the molecule is O=C(NCc1cccc(Cl)c1Cl)N[C@H]1CCOC[C@H]1C(F)(F)F. The highest BCUT2D eigenvalue weighted by Crippen LogP contribution is 2.32. The van der Waals surface area contributed by atoms with Crippen molar-refractivity contribution in [2.24, 2.45) is 5.92 Å². The van der Waals surface area contributed by atoms with E-state index >= 15 is 0 Å². The second kappa shape index (κ2) is 7.59. The summed E-state index contributed by atoms with van der Waals surface area (Å²) in [7, 11) is 0. The van der Waals surface area contributed by atoms with Crippen molar-refractivity contribution in [2.45, 2.75) is 25.2 Å². The van der Waals surface area contributed by atoms with Gasteiger partial charge in [-0.1, -0.05) is 35.3 Å². The van der Waals surface area contributed by atoms with Crippen LogP contribution in [0.25, 0.3) is 0 Å². The number of carbonyl (C=O) groups excluding carboxylic acids is 1. The third-order valence-corrected chi connectivity index (χ3v) is 4.42. The van der Waals surface area contributed by atoms with Crippen molar-refractivity contribution in [3.63, 3.8) is 0 Å². The molecule has 0 aliphatic carbocycles. The van der Waals surface area contributed by atoms with E-state index in [0.717, 1.165) is 0 Å². The van der Waals surface area contributed by atoms with E-state index in [0.29, 0.717) is 15.6 Å². The van der Waals surface area contributed by atoms with E-state index in [-0.39, 0.29) is 19.6 Å². The summed E-state index contributed by atoms with van der Waals surface area (Å²) in [6, 6.07) is 3.23. The molecular weight excluding hydrogens is 356 g/mol. The topological polar surface area (TPSA) is 50.4 Å². The summed E-state index contributed by atoms with van der Waals surface area (Å²) >= 11 is 11.8. The third kappa shape index (κ3) is 4.89. The fourth-order valence-electron chi connectivity index (χ4n) is 2.31. The van der Waals surface area contributed by atoms with E-state index in [1.54, 1.807) is 18.2 Å². The van der Waals surface area contributed by atoms with Crippen LogP contribution in [0.4, 0.5) is 18.0 Å². The highest BCUT2D eigenvalue weighted by Gasteiger charge is 2.46. The van der Waals surface area contributed by atoms with Gasteiger partial charge in [-0.3, -0.25) is 0 Å². The Balaban J connectivity index is 1.92. The molecule has 0 aromatic heterocycles. The quantitative estimate of drug-likeness (QED) is 0.850. The summed E-state index contributed by atoms with van der Waals surface area (Å²) < 4.78 is 43.6. The Kier molecular flexibility index (Phi) is 6.00. The number of nitrogens with one attached hydrogen (secondary N) is 2. The highest BCUT2D eigenvalue weighted by molar-refractivity contribution is 6.42. The summed E-state index contributed by atoms with van der Waals surface area (Å²) in [5.74, 6) is -1.71. The van der Waals surface area contributed by atoms with Crippen molar-refractivity contribution in [3.8, 4) is 0 Å². The molecule has 1 aliphatic heterocycles. The molecule has 1 fully saturated rings. The standard InChI is InChI=1S/C14H15Cl2F3N2O2/c15-10-3-1-2-8(12(10)16)6-20-13(22)21-11-4-5-23-7-9(11)14(17,18)19/h1-3,9,11H,4-7H2,(H2,20,21,22)/t9-,11+/m1/s1. The maximum absolute atomic E-state index is 12.9. The number of urea groups is 1. The first-order valence-electron chi connectivity index (χ1n) is 6.90. The fraction of sp³-hybridized carbons (Fsp3) is 0.500. The van der Waals surface area contributed by atoms with Crippen LogP contribution in [0.5, 0.6) is 0 Å². The first-order valence-corrected chi connectivity index (χ1v) is 7.66. The molecular formula is C14H15Cl2F3N2O2. The number of rotatable bonds is 3. The van der Waals surface area contributed by atoms with E-state index in [4.69, 9.17) is 27.9 Å². The van der Waals surface area contributed by atoms with Crippen LogP contribution in [0.15, 0.2) is 18.2 Å². The monoisotopic (exact) mass is 370 g/mol. The lowest BCUT2D eigenvalue weighted by molar-refractivity contribution is -0.206. The number of carbonyl (C=O) groups is 1. The Morgan fingerprint density at radius 2 is 2.09 bits per heavy atom. The largest absolute Gasteiger partial charge is 0.395 e. The Bertz CT molecular complexity index is 569. The van der Waals surface area contributed by atoms with Crippen molar-refractivity contribution < 1.29 is 22.7 Å². The second-order valence-corrected chi connectivity index (χ2v) is 5.94. The fourth-order valence-corrected chi connectivity index (χ4v) is 2.70. The Morgan fingerprint density at radius 3 is 2.78 bits per heavy atom. The van der Waals surface area contributed by atoms with Gasteiger partial charge in [0.1, 0.15) is 0 Å². The van der Waals surface area contributed by atoms with Crippen LogP contribution in [0.1, 0.15) is 12.0 Å². The van der Waals surface area contributed by atoms with Gasteiger partial charge in [-0.2, -0.15) is 13.2 Å². The molecule has 2 atom stereocenters. The average Bonchev–Trinajstić information content (AvgIpc) is 2.48. The van der Waals surface area contributed by atoms with Crippen LogP contribution >= 0.6 is 23.2 Å². The van der Waals surface area contributed by atoms with Gasteiger partial charge in [0.05, 0.1) is 22.6 Å². The molecule has 1 aromatic carbocycles. The van der Waals surface area contributed by atoms with E-state index in [1.807, 2.05) is 0 Å². The van der Waals surface area contributed by atoms with Crippen LogP contribution in [-0.4, -0.2) is 31.5 Å². The van der Waals surface area contributed by atoms with Crippen molar-refractivity contribution >= 4 is 29.2 Å². The van der Waals surface area contributed by atoms with Crippen molar-refractivity contribution in [1.82, 2.24) is 10.6 Å². The van der Waals surface area contributed by atoms with Crippen molar-refractivity contribution in [2.75, 3.05) is 13.2 Å². The van der Waals surface area contributed by atoms with Gasteiger partial charge in [-0.15, -0.1) is 0 Å². The maximum atomic E-state index is 12.9. The molecule has 0 radical (unpaired) electrons. The summed E-state index contributed by atoms with van der Waals surface area (Å²) in [6.07, 6.45) is -4.32. The van der Waals surface area contributed by atoms with E-state index in [1.165, 1.54) is 0 Å². The summed E-state index contributed by atoms with van der Waals surface area (Å²) in [5, 5.41) is 5.48. The molecule has 128 valence electrons. The maximum Gasteiger partial charge on any atom is 0.395 e. The predicted octanol–water partition coefficient (Wildman–Crippen LogP) is 3.76. The summed E-state index contributed by atoms with van der Waals surface area (Å²) in [6.45, 7) is -0.211. The van der Waals surface area contributed by atoms with Crippen LogP contribution in [0.3, 0.4) is 0 Å². The molecule has 2 N–H and O–H groups in total. The summed E-state index contributed by atoms with van der Waals surface area (Å²) in [5.41, 5.74) is 0.577. The molecule has 23 heavy (non-hydrogen) atoms. The predicted molar refractivity (Wildman–Crippen MR) is 80.6 cm³/mol. The summed E-state index contributed by atoms with van der Waals surface area (Å²) in [4.78, 5) is 11.8. The van der Waals surface area contributed by atoms with Crippen molar-refractivity contribution in [1.29, 1.82) is 0 Å². The van der Waals surface area contributed by atoms with Gasteiger partial charge < -0.3 is 15.4 Å². The van der Waals surface area contributed by atoms with Crippen LogP contribution in [-0.2, 0) is 11.3 Å². The zero-order valence-corrected chi connectivity index (χ0v) is 13.4. The minimum absolute atomic E-state index is 0.0606. The molecule has 9 heteroatoms. The number of ether oxygens (including phenoxy) is 1. The Hall–Kier alpha value is -1.18. The number of amides is 2. The molecule has 0 saturated carbocycles. The lowest BCUT2D eigenvalue weighted by atomic mass is 9.95. The minimum atomic E-state index is -4.42. The van der Waals surface area contributed by atoms with Gasteiger partial charge >= 0.3 is 12.2 Å². The lowest BCUT2D eigenvalue weighted by Crippen LogP contribution is -2.53. The molecule has 0 bridgehead atoms. The van der Waals surface area contributed by atoms with Gasteiger partial charge in [0.15, 0.2) is 0 Å². The van der Waals surface area contributed by atoms with Gasteiger partial charge in [0, 0.05) is 19.2 Å². The zero-order chi connectivity index (χ0) is 17.0. The molecule has 1 aliphatic rings.